The summed E-state index contributed by atoms with van der Waals surface area (Å²) in [6.07, 6.45) is 0. The molecular weight excluding hydrogens is 191 g/mol. The second kappa shape index (κ2) is 4.83. The molecule has 11 heavy (non-hydrogen) atoms. The average Bonchev–Trinajstić information content (AvgIpc) is 1.88. The minimum atomic E-state index is -4.02. The Hall–Kier alpha value is 0.926. The van der Waals surface area contributed by atoms with Gasteiger partial charge in [-0.25, -0.2) is 4.21 Å². The van der Waals surface area contributed by atoms with E-state index in [-0.39, 0.29) is 56.3 Å². The van der Waals surface area contributed by atoms with Gasteiger partial charge in [-0.2, -0.15) is 0 Å². The minimum absolute atomic E-state index is 0. The fourth-order valence-electron chi connectivity index (χ4n) is 0.622. The van der Waals surface area contributed by atoms with Crippen LogP contribution in [0.25, 0.3) is 0 Å². The van der Waals surface area contributed by atoms with Crippen molar-refractivity contribution in [3.8, 4) is 0 Å². The van der Waals surface area contributed by atoms with E-state index >= 15 is 0 Å². The van der Waals surface area contributed by atoms with E-state index in [1.807, 2.05) is 0 Å². The molecule has 0 fully saturated rings. The first kappa shape index (κ1) is 11.9. The van der Waals surface area contributed by atoms with E-state index in [0.717, 1.165) is 0 Å². The van der Waals surface area contributed by atoms with Gasteiger partial charge in [0.2, 0.25) is 0 Å². The van der Waals surface area contributed by atoms with E-state index in [9.17, 15) is 4.21 Å². The molecule has 1 rings (SSSR count). The van der Waals surface area contributed by atoms with E-state index in [0.29, 0.717) is 0 Å². The van der Waals surface area contributed by atoms with Crippen molar-refractivity contribution in [1.82, 2.24) is 0 Å². The van der Waals surface area contributed by atoms with Gasteiger partial charge in [-0.3, -0.25) is 0 Å². The molecule has 0 amide bonds. The second-order valence-electron chi connectivity index (χ2n) is 1.88. The molecule has 0 heterocycles. The van der Waals surface area contributed by atoms with Gasteiger partial charge in [-0.05, 0) is 12.1 Å². The molecule has 0 radical (unpaired) electrons. The molecule has 0 aliphatic carbocycles. The number of hydrogen-bond donors (Lipinski definition) is 3. The first-order valence-electron chi connectivity index (χ1n) is 2.72. The zero-order valence-corrected chi connectivity index (χ0v) is 6.03. The van der Waals surface area contributed by atoms with Crippen LogP contribution in [-0.2, 0) is 10.5 Å². The molecule has 0 saturated carbocycles. The Bertz CT molecular complexity index is 256. The topological polar surface area (TPSA) is 57.5 Å². The first-order valence-corrected chi connectivity index (χ1v) is 4.33. The molecule has 0 unspecified atom stereocenters. The second-order valence-corrected chi connectivity index (χ2v) is 3.48. The third kappa shape index (κ3) is 3.91. The van der Waals surface area contributed by atoms with Crippen molar-refractivity contribution in [2.75, 3.05) is 0 Å². The Morgan fingerprint density at radius 3 is 1.82 bits per heavy atom. The quantitative estimate of drug-likeness (QED) is 0.453. The summed E-state index contributed by atoms with van der Waals surface area (Å²) in [4.78, 5) is 0.0648. The van der Waals surface area contributed by atoms with Crippen LogP contribution in [0.2, 0.25) is 0 Å². The molecule has 5 heteroatoms. The van der Waals surface area contributed by atoms with Crippen molar-refractivity contribution >= 4 is 61.9 Å². The molecule has 2 N–H and O–H groups in total. The molecule has 0 saturated heterocycles. The van der Waals surface area contributed by atoms with E-state index in [1.54, 1.807) is 18.2 Å². The summed E-state index contributed by atoms with van der Waals surface area (Å²) < 4.78 is 27.7. The van der Waals surface area contributed by atoms with Crippen molar-refractivity contribution in [2.45, 2.75) is 4.90 Å². The van der Waals surface area contributed by atoms with Crippen LogP contribution in [0.1, 0.15) is 0 Å². The van der Waals surface area contributed by atoms with Gasteiger partial charge in [0.1, 0.15) is 0 Å². The Kier molecular flexibility index (Phi) is 5.24. The van der Waals surface area contributed by atoms with Gasteiger partial charge in [-0.15, -0.1) is 0 Å². The normalized spacial score (nSPS) is 11.8. The molecule has 58 valence electrons. The third-order valence-corrected chi connectivity index (χ3v) is 2.06. The molecular formula is C6H9KO3S. The molecule has 0 bridgehead atoms. The molecule has 0 atom stereocenters. The zero-order valence-electron chi connectivity index (χ0n) is 5.14. The fourth-order valence-corrected chi connectivity index (χ4v) is 1.18. The van der Waals surface area contributed by atoms with E-state index < -0.39 is 10.5 Å². The Labute approximate surface area is 109 Å². The third-order valence-electron chi connectivity index (χ3n) is 1.09. The van der Waals surface area contributed by atoms with Gasteiger partial charge >= 0.3 is 51.4 Å². The van der Waals surface area contributed by atoms with Crippen molar-refractivity contribution in [2.24, 2.45) is 0 Å². The Morgan fingerprint density at radius 1 is 1.09 bits per heavy atom. The summed E-state index contributed by atoms with van der Waals surface area (Å²) in [6.45, 7) is 0. The molecule has 0 aliphatic heterocycles. The summed E-state index contributed by atoms with van der Waals surface area (Å²) in [6, 6.07) is 7.70. The van der Waals surface area contributed by atoms with Crippen molar-refractivity contribution in [3.63, 3.8) is 0 Å². The molecule has 1 aromatic rings. The maximum atomic E-state index is 10.5. The van der Waals surface area contributed by atoms with Gasteiger partial charge in [0, 0.05) is 0 Å². The molecule has 0 spiro atoms. The predicted octanol–water partition coefficient (Wildman–Crippen LogP) is 0.360. The molecule has 0 aliphatic rings. The molecule has 1 aromatic carbocycles. The number of rotatable bonds is 1. The monoisotopic (exact) mass is 200 g/mol. The van der Waals surface area contributed by atoms with Crippen LogP contribution in [0.3, 0.4) is 0 Å². The van der Waals surface area contributed by atoms with E-state index in [2.05, 4.69) is 0 Å². The van der Waals surface area contributed by atoms with Gasteiger partial charge in [0.15, 0.2) is 0 Å². The van der Waals surface area contributed by atoms with Gasteiger partial charge in [0.25, 0.3) is 0 Å². The van der Waals surface area contributed by atoms with Gasteiger partial charge < -0.3 is 9.11 Å². The maximum absolute atomic E-state index is 10.5. The number of benzene rings is 1. The number of hydrogen-bond acceptors (Lipinski definition) is 1. The van der Waals surface area contributed by atoms with Crippen LogP contribution in [-0.4, -0.2) is 64.7 Å². The zero-order chi connectivity index (χ0) is 7.61. The van der Waals surface area contributed by atoms with Crippen LogP contribution < -0.4 is 0 Å². The van der Waals surface area contributed by atoms with Gasteiger partial charge in [-0.1, -0.05) is 18.2 Å². The summed E-state index contributed by atoms with van der Waals surface area (Å²) in [5.74, 6) is 0. The molecule has 3 nitrogen and oxygen atoms in total. The van der Waals surface area contributed by atoms with Crippen molar-refractivity contribution in [3.05, 3.63) is 30.3 Å². The van der Waals surface area contributed by atoms with Gasteiger partial charge in [0.05, 0.1) is 15.4 Å². The van der Waals surface area contributed by atoms with Crippen molar-refractivity contribution in [1.29, 1.82) is 0 Å². The summed E-state index contributed by atoms with van der Waals surface area (Å²) in [5, 5.41) is 0. The summed E-state index contributed by atoms with van der Waals surface area (Å²) in [7, 11) is -4.02. The van der Waals surface area contributed by atoms with Crippen LogP contribution in [0.4, 0.5) is 0 Å². The van der Waals surface area contributed by atoms with E-state index in [1.165, 1.54) is 12.1 Å². The Balaban J connectivity index is 0.000001000. The SMILES string of the molecule is O=[SH](O)(O)c1ccccc1.[KH]. The summed E-state index contributed by atoms with van der Waals surface area (Å²) in [5.41, 5.74) is 0. The van der Waals surface area contributed by atoms with Crippen LogP contribution in [0.15, 0.2) is 35.2 Å². The van der Waals surface area contributed by atoms with Crippen LogP contribution in [0.5, 0.6) is 0 Å². The number of thiol groups is 1. The Morgan fingerprint density at radius 2 is 1.55 bits per heavy atom. The standard InChI is InChI=1S/C6H8O3S.K.H/c7-10(8,9)6-4-2-1-3-5-6;;/h1-5,10H,(H2,7,8,9);;. The average molecular weight is 200 g/mol. The first-order chi connectivity index (χ1) is 4.61. The van der Waals surface area contributed by atoms with Crippen LogP contribution >= 0.6 is 0 Å². The summed E-state index contributed by atoms with van der Waals surface area (Å²) >= 11 is 0. The van der Waals surface area contributed by atoms with E-state index in [4.69, 9.17) is 9.11 Å². The molecule has 0 aromatic heterocycles. The fraction of sp³-hybridized carbons (Fsp3) is 0. The van der Waals surface area contributed by atoms with Crippen LogP contribution in [0, 0.1) is 0 Å². The predicted molar refractivity (Wildman–Crippen MR) is 46.7 cm³/mol. The van der Waals surface area contributed by atoms with Crippen molar-refractivity contribution < 1.29 is 13.3 Å².